The van der Waals surface area contributed by atoms with Gasteiger partial charge in [-0.3, -0.25) is 0 Å². The smallest absolute Gasteiger partial charge is 0.243 e. The molecule has 0 heterocycles. The summed E-state index contributed by atoms with van der Waals surface area (Å²) < 4.78 is 39.9. The van der Waals surface area contributed by atoms with Crippen LogP contribution in [0.3, 0.4) is 0 Å². The van der Waals surface area contributed by atoms with Crippen LogP contribution >= 0.6 is 15.9 Å². The summed E-state index contributed by atoms with van der Waals surface area (Å²) in [4.78, 5) is -0.425. The van der Waals surface area contributed by atoms with Crippen LogP contribution in [0.15, 0.2) is 21.5 Å². The second kappa shape index (κ2) is 6.49. The molecule has 0 aliphatic heterocycles. The summed E-state index contributed by atoms with van der Waals surface area (Å²) in [6, 6.07) is 2.44. The van der Waals surface area contributed by atoms with Gasteiger partial charge in [-0.2, -0.15) is 0 Å². The minimum absolute atomic E-state index is 0.0384. The van der Waals surface area contributed by atoms with Crippen molar-refractivity contribution in [3.63, 3.8) is 0 Å². The highest BCUT2D eigenvalue weighted by atomic mass is 79.9. The molecule has 1 rings (SSSR count). The zero-order chi connectivity index (χ0) is 13.8. The summed E-state index contributed by atoms with van der Waals surface area (Å²) in [7, 11) is -3.85. The number of nitrogen functional groups attached to an aromatic ring is 1. The number of nitrogens with one attached hydrogen (secondary N) is 1. The second-order valence-corrected chi connectivity index (χ2v) is 6.51. The van der Waals surface area contributed by atoms with Gasteiger partial charge in [0.15, 0.2) is 5.82 Å². The number of anilines is 1. The molecule has 0 fully saturated rings. The molecule has 0 unspecified atom stereocenters. The van der Waals surface area contributed by atoms with E-state index in [-0.39, 0.29) is 10.2 Å². The average molecular weight is 339 g/mol. The molecule has 1 aromatic rings. The van der Waals surface area contributed by atoms with E-state index in [1.54, 1.807) is 0 Å². The number of hydrogen-bond acceptors (Lipinski definition) is 3. The Kier molecular flexibility index (Phi) is 5.55. The number of hydrogen-bond donors (Lipinski definition) is 2. The van der Waals surface area contributed by atoms with E-state index in [4.69, 9.17) is 5.73 Å². The first-order valence-corrected chi connectivity index (χ1v) is 7.90. The van der Waals surface area contributed by atoms with E-state index in [2.05, 4.69) is 20.7 Å². The highest BCUT2D eigenvalue weighted by Crippen LogP contribution is 2.25. The Morgan fingerprint density at radius 2 is 2.06 bits per heavy atom. The summed E-state index contributed by atoms with van der Waals surface area (Å²) in [5.41, 5.74) is 5.70. The van der Waals surface area contributed by atoms with Gasteiger partial charge in [0, 0.05) is 12.2 Å². The zero-order valence-electron chi connectivity index (χ0n) is 10.0. The topological polar surface area (TPSA) is 72.2 Å². The molecular weight excluding hydrogens is 323 g/mol. The minimum Gasteiger partial charge on any atom is -0.399 e. The van der Waals surface area contributed by atoms with Crippen molar-refractivity contribution in [3.05, 3.63) is 22.4 Å². The molecule has 0 aromatic heterocycles. The Morgan fingerprint density at radius 3 is 2.67 bits per heavy atom. The first-order valence-electron chi connectivity index (χ1n) is 5.62. The summed E-state index contributed by atoms with van der Waals surface area (Å²) in [6.45, 7) is 2.31. The van der Waals surface area contributed by atoms with Crippen LogP contribution in [0.25, 0.3) is 0 Å². The summed E-state index contributed by atoms with van der Waals surface area (Å²) in [5, 5.41) is 0. The van der Waals surface area contributed by atoms with Crippen LogP contribution < -0.4 is 10.5 Å². The highest BCUT2D eigenvalue weighted by Gasteiger charge is 2.21. The molecule has 18 heavy (non-hydrogen) atoms. The van der Waals surface area contributed by atoms with Gasteiger partial charge >= 0.3 is 0 Å². The Balaban J connectivity index is 2.91. The van der Waals surface area contributed by atoms with Crippen LogP contribution in [0.1, 0.15) is 26.2 Å². The molecule has 0 amide bonds. The Hall–Kier alpha value is -0.660. The molecule has 3 N–H and O–H groups in total. The SMILES string of the molecule is CCCCCNS(=O)(=O)c1cc(N)cc(Br)c1F. The van der Waals surface area contributed by atoms with Crippen LogP contribution in [0, 0.1) is 5.82 Å². The Bertz CT molecular complexity index is 520. The fraction of sp³-hybridized carbons (Fsp3) is 0.455. The second-order valence-electron chi connectivity index (χ2n) is 3.92. The predicted molar refractivity (Wildman–Crippen MR) is 73.2 cm³/mol. The molecule has 0 saturated carbocycles. The summed E-state index contributed by atoms with van der Waals surface area (Å²) >= 11 is 2.94. The lowest BCUT2D eigenvalue weighted by atomic mass is 10.3. The zero-order valence-corrected chi connectivity index (χ0v) is 12.4. The Labute approximate surface area is 115 Å². The van der Waals surface area contributed by atoms with E-state index in [0.717, 1.165) is 25.3 Å². The number of halogens is 2. The maximum Gasteiger partial charge on any atom is 0.243 e. The maximum absolute atomic E-state index is 13.7. The first kappa shape index (κ1) is 15.4. The van der Waals surface area contributed by atoms with Gasteiger partial charge in [0.2, 0.25) is 10.0 Å². The van der Waals surface area contributed by atoms with Gasteiger partial charge in [0.25, 0.3) is 0 Å². The standard InChI is InChI=1S/C11H16BrFN2O2S/c1-2-3-4-5-15-18(16,17)10-7-8(14)6-9(12)11(10)13/h6-7,15H,2-5,14H2,1H3. The number of rotatable bonds is 6. The van der Waals surface area contributed by atoms with Gasteiger partial charge in [-0.1, -0.05) is 19.8 Å². The third-order valence-corrected chi connectivity index (χ3v) is 4.42. The largest absolute Gasteiger partial charge is 0.399 e. The molecule has 102 valence electrons. The third-order valence-electron chi connectivity index (χ3n) is 2.38. The molecule has 0 bridgehead atoms. The molecule has 0 radical (unpaired) electrons. The number of unbranched alkanes of at least 4 members (excludes halogenated alkanes) is 2. The van der Waals surface area contributed by atoms with Crippen LogP contribution in [0.2, 0.25) is 0 Å². The fourth-order valence-corrected chi connectivity index (χ4v) is 3.25. The Morgan fingerprint density at radius 1 is 1.39 bits per heavy atom. The monoisotopic (exact) mass is 338 g/mol. The van der Waals surface area contributed by atoms with Crippen molar-refractivity contribution in [1.29, 1.82) is 0 Å². The first-order chi connectivity index (χ1) is 8.38. The van der Waals surface area contributed by atoms with Crippen molar-refractivity contribution in [2.24, 2.45) is 0 Å². The lowest BCUT2D eigenvalue weighted by Gasteiger charge is -2.09. The normalized spacial score (nSPS) is 11.7. The van der Waals surface area contributed by atoms with Crippen molar-refractivity contribution in [2.75, 3.05) is 12.3 Å². The average Bonchev–Trinajstić information content (AvgIpc) is 2.29. The van der Waals surface area contributed by atoms with Crippen molar-refractivity contribution < 1.29 is 12.8 Å². The van der Waals surface area contributed by atoms with Crippen molar-refractivity contribution >= 4 is 31.6 Å². The van der Waals surface area contributed by atoms with Gasteiger partial charge in [-0.25, -0.2) is 17.5 Å². The van der Waals surface area contributed by atoms with Gasteiger partial charge < -0.3 is 5.73 Å². The third kappa shape index (κ3) is 3.93. The molecular formula is C11H16BrFN2O2S. The highest BCUT2D eigenvalue weighted by molar-refractivity contribution is 9.10. The van der Waals surface area contributed by atoms with Crippen molar-refractivity contribution in [1.82, 2.24) is 4.72 Å². The lowest BCUT2D eigenvalue weighted by molar-refractivity contribution is 0.551. The van der Waals surface area contributed by atoms with E-state index >= 15 is 0 Å². The summed E-state index contributed by atoms with van der Waals surface area (Å²) in [6.07, 6.45) is 2.63. The van der Waals surface area contributed by atoms with E-state index in [9.17, 15) is 12.8 Å². The van der Waals surface area contributed by atoms with Gasteiger partial charge in [-0.05, 0) is 34.5 Å². The molecule has 1 aromatic carbocycles. The molecule has 0 saturated heterocycles. The fourth-order valence-electron chi connectivity index (χ4n) is 1.44. The predicted octanol–water partition coefficient (Wildman–Crippen LogP) is 2.64. The van der Waals surface area contributed by atoms with Crippen LogP contribution in [0.4, 0.5) is 10.1 Å². The van der Waals surface area contributed by atoms with Crippen LogP contribution in [-0.2, 0) is 10.0 Å². The van der Waals surface area contributed by atoms with Crippen molar-refractivity contribution in [3.8, 4) is 0 Å². The lowest BCUT2D eigenvalue weighted by Crippen LogP contribution is -2.26. The number of nitrogens with two attached hydrogens (primary N) is 1. The summed E-state index contributed by atoms with van der Waals surface area (Å²) in [5.74, 6) is -0.827. The molecule has 0 aliphatic carbocycles. The molecule has 0 spiro atoms. The molecule has 7 heteroatoms. The number of benzene rings is 1. The number of sulfonamides is 1. The van der Waals surface area contributed by atoms with Gasteiger partial charge in [0.1, 0.15) is 4.90 Å². The van der Waals surface area contributed by atoms with Crippen molar-refractivity contribution in [2.45, 2.75) is 31.1 Å². The van der Waals surface area contributed by atoms with Gasteiger partial charge in [-0.15, -0.1) is 0 Å². The molecule has 0 atom stereocenters. The molecule has 4 nitrogen and oxygen atoms in total. The quantitative estimate of drug-likeness (QED) is 0.618. The van der Waals surface area contributed by atoms with Crippen LogP contribution in [0.5, 0.6) is 0 Å². The van der Waals surface area contributed by atoms with E-state index in [1.807, 2.05) is 6.92 Å². The molecule has 0 aliphatic rings. The van der Waals surface area contributed by atoms with E-state index < -0.39 is 20.7 Å². The van der Waals surface area contributed by atoms with Crippen LogP contribution in [-0.4, -0.2) is 15.0 Å². The van der Waals surface area contributed by atoms with E-state index in [0.29, 0.717) is 6.54 Å². The van der Waals surface area contributed by atoms with Gasteiger partial charge in [0.05, 0.1) is 4.47 Å². The minimum atomic E-state index is -3.85. The maximum atomic E-state index is 13.7. The van der Waals surface area contributed by atoms with E-state index in [1.165, 1.54) is 6.07 Å².